The van der Waals surface area contributed by atoms with E-state index in [1.54, 1.807) is 18.2 Å². The smallest absolute Gasteiger partial charge is 0.307 e. The minimum Gasteiger partial charge on any atom is -0.490 e. The van der Waals surface area contributed by atoms with Crippen LogP contribution in [-0.4, -0.2) is 57.5 Å². The summed E-state index contributed by atoms with van der Waals surface area (Å²) >= 11 is 0. The molecule has 0 spiro atoms. The van der Waals surface area contributed by atoms with Gasteiger partial charge < -0.3 is 14.8 Å². The van der Waals surface area contributed by atoms with Crippen LogP contribution in [0.3, 0.4) is 0 Å². The third-order valence-electron chi connectivity index (χ3n) is 3.96. The summed E-state index contributed by atoms with van der Waals surface area (Å²) in [6, 6.07) is 12.1. The maximum atomic E-state index is 12.0. The first-order valence-corrected chi connectivity index (χ1v) is 10.4. The quantitative estimate of drug-likeness (QED) is 0.245. The number of anilines is 1. The number of nitrogens with zero attached hydrogens (tertiary/aromatic N) is 2. The molecule has 0 fully saturated rings. The first-order valence-electron chi connectivity index (χ1n) is 9.00. The topological polar surface area (TPSA) is 128 Å². The molecule has 0 unspecified atom stereocenters. The average molecular weight is 437 g/mol. The Balaban J connectivity index is 1.70. The minimum absolute atomic E-state index is 0.0159. The number of hydrogen-bond acceptors (Lipinski definition) is 8. The molecule has 0 atom stereocenters. The van der Waals surface area contributed by atoms with Crippen molar-refractivity contribution in [3.05, 3.63) is 58.6 Å². The second-order valence-corrected chi connectivity index (χ2v) is 8.43. The number of rotatable bonds is 11. The van der Waals surface area contributed by atoms with E-state index >= 15 is 0 Å². The third kappa shape index (κ3) is 6.42. The molecule has 0 radical (unpaired) electrons. The van der Waals surface area contributed by atoms with Gasteiger partial charge in [0.2, 0.25) is 10.0 Å². The third-order valence-corrected chi connectivity index (χ3v) is 5.79. The molecular formula is C19H23N3O7S. The number of nitro groups is 1. The van der Waals surface area contributed by atoms with E-state index in [-0.39, 0.29) is 36.8 Å². The summed E-state index contributed by atoms with van der Waals surface area (Å²) < 4.78 is 35.6. The molecule has 1 N–H and O–H groups in total. The number of carbonyl (C=O) groups is 1. The van der Waals surface area contributed by atoms with Gasteiger partial charge >= 0.3 is 5.97 Å². The van der Waals surface area contributed by atoms with Crippen molar-refractivity contribution in [2.24, 2.45) is 0 Å². The van der Waals surface area contributed by atoms with E-state index in [1.165, 1.54) is 44.4 Å². The second-order valence-electron chi connectivity index (χ2n) is 6.28. The van der Waals surface area contributed by atoms with Gasteiger partial charge in [0.1, 0.15) is 24.7 Å². The van der Waals surface area contributed by atoms with Gasteiger partial charge in [-0.05, 0) is 30.3 Å². The Morgan fingerprint density at radius 1 is 1.10 bits per heavy atom. The minimum atomic E-state index is -3.50. The Morgan fingerprint density at radius 2 is 1.77 bits per heavy atom. The van der Waals surface area contributed by atoms with E-state index in [4.69, 9.17) is 9.47 Å². The van der Waals surface area contributed by atoms with E-state index < -0.39 is 20.9 Å². The lowest BCUT2D eigenvalue weighted by Crippen LogP contribution is -2.22. The molecule has 0 amide bonds. The molecule has 11 heteroatoms. The van der Waals surface area contributed by atoms with E-state index in [9.17, 15) is 23.3 Å². The maximum Gasteiger partial charge on any atom is 0.307 e. The number of nitrogens with one attached hydrogen (secondary N) is 1. The normalized spacial score (nSPS) is 11.2. The number of hydrogen-bond donors (Lipinski definition) is 1. The lowest BCUT2D eigenvalue weighted by Gasteiger charge is -2.12. The zero-order valence-corrected chi connectivity index (χ0v) is 17.4. The summed E-state index contributed by atoms with van der Waals surface area (Å²) in [4.78, 5) is 22.3. The maximum absolute atomic E-state index is 12.0. The average Bonchev–Trinajstić information content (AvgIpc) is 2.71. The molecule has 10 nitrogen and oxygen atoms in total. The molecule has 0 saturated heterocycles. The summed E-state index contributed by atoms with van der Waals surface area (Å²) in [5.41, 5.74) is 0.266. The molecule has 2 rings (SSSR count). The Morgan fingerprint density at radius 3 is 2.40 bits per heavy atom. The van der Waals surface area contributed by atoms with Gasteiger partial charge in [0, 0.05) is 26.7 Å². The van der Waals surface area contributed by atoms with Crippen LogP contribution in [0.1, 0.15) is 6.42 Å². The number of nitro benzene ring substituents is 1. The van der Waals surface area contributed by atoms with E-state index in [0.29, 0.717) is 11.4 Å². The standard InChI is InChI=1S/C19H23N3O7S/c1-21(2)30(26,27)16-9-7-15(8-10-16)28-13-14-29-19(23)11-12-20-17-5-3-4-6-18(17)22(24)25/h3-10,20H,11-14H2,1-2H3. The van der Waals surface area contributed by atoms with Gasteiger partial charge in [0.05, 0.1) is 16.2 Å². The summed E-state index contributed by atoms with van der Waals surface area (Å²) in [5.74, 6) is -0.0288. The summed E-state index contributed by atoms with van der Waals surface area (Å²) in [6.45, 7) is 0.303. The van der Waals surface area contributed by atoms with Gasteiger partial charge in [-0.2, -0.15) is 0 Å². The molecular weight excluding hydrogens is 414 g/mol. The van der Waals surface area contributed by atoms with Crippen LogP contribution in [-0.2, 0) is 19.6 Å². The molecule has 0 bridgehead atoms. The second kappa shape index (κ2) is 10.6. The van der Waals surface area contributed by atoms with Crippen LogP contribution in [0, 0.1) is 10.1 Å². The first kappa shape index (κ1) is 23.1. The van der Waals surface area contributed by atoms with Crippen LogP contribution in [0.25, 0.3) is 0 Å². The predicted octanol–water partition coefficient (Wildman–Crippen LogP) is 2.27. The summed E-state index contributed by atoms with van der Waals surface area (Å²) in [5, 5.41) is 13.8. The van der Waals surface area contributed by atoms with Crippen molar-refractivity contribution >= 4 is 27.4 Å². The molecule has 162 valence electrons. The number of sulfonamides is 1. The van der Waals surface area contributed by atoms with Crippen LogP contribution in [0.4, 0.5) is 11.4 Å². The summed E-state index contributed by atoms with van der Waals surface area (Å²) in [7, 11) is -0.603. The number of esters is 1. The predicted molar refractivity (Wildman–Crippen MR) is 110 cm³/mol. The fraction of sp³-hybridized carbons (Fsp3) is 0.316. The lowest BCUT2D eigenvalue weighted by molar-refractivity contribution is -0.384. The van der Waals surface area contributed by atoms with Gasteiger partial charge in [0.25, 0.3) is 5.69 Å². The number of para-hydroxylation sites is 2. The van der Waals surface area contributed by atoms with Gasteiger partial charge in [-0.25, -0.2) is 12.7 Å². The zero-order chi connectivity index (χ0) is 22.1. The molecule has 0 aromatic heterocycles. The van der Waals surface area contributed by atoms with Crippen molar-refractivity contribution in [3.8, 4) is 5.75 Å². The summed E-state index contributed by atoms with van der Waals surface area (Å²) in [6.07, 6.45) is 0.0309. The van der Waals surface area contributed by atoms with Crippen LogP contribution in [0.2, 0.25) is 0 Å². The van der Waals surface area contributed by atoms with Crippen molar-refractivity contribution in [2.45, 2.75) is 11.3 Å². The highest BCUT2D eigenvalue weighted by molar-refractivity contribution is 7.89. The van der Waals surface area contributed by atoms with Gasteiger partial charge in [-0.1, -0.05) is 12.1 Å². The fourth-order valence-corrected chi connectivity index (χ4v) is 3.29. The molecule has 0 aliphatic rings. The zero-order valence-electron chi connectivity index (χ0n) is 16.6. The monoisotopic (exact) mass is 437 g/mol. The Labute approximate surface area is 174 Å². The van der Waals surface area contributed by atoms with Gasteiger partial charge in [-0.3, -0.25) is 14.9 Å². The van der Waals surface area contributed by atoms with E-state index in [2.05, 4.69) is 5.32 Å². The number of ether oxygens (including phenoxy) is 2. The van der Waals surface area contributed by atoms with Gasteiger partial charge in [0.15, 0.2) is 0 Å². The highest BCUT2D eigenvalue weighted by Crippen LogP contribution is 2.23. The highest BCUT2D eigenvalue weighted by atomic mass is 32.2. The molecule has 0 aliphatic carbocycles. The Hall–Kier alpha value is -3.18. The number of benzene rings is 2. The first-order chi connectivity index (χ1) is 14.2. The Bertz CT molecular complexity index is 976. The molecule has 0 heterocycles. The fourth-order valence-electron chi connectivity index (χ4n) is 2.39. The van der Waals surface area contributed by atoms with Crippen LogP contribution in [0.15, 0.2) is 53.4 Å². The van der Waals surface area contributed by atoms with Crippen molar-refractivity contribution in [2.75, 3.05) is 39.2 Å². The molecule has 0 aliphatic heterocycles. The number of carbonyl (C=O) groups excluding carboxylic acids is 1. The van der Waals surface area contributed by atoms with Crippen LogP contribution in [0.5, 0.6) is 5.75 Å². The van der Waals surface area contributed by atoms with Crippen LogP contribution >= 0.6 is 0 Å². The van der Waals surface area contributed by atoms with Crippen molar-refractivity contribution in [3.63, 3.8) is 0 Å². The van der Waals surface area contributed by atoms with Crippen LogP contribution < -0.4 is 10.1 Å². The molecule has 2 aromatic rings. The van der Waals surface area contributed by atoms with E-state index in [0.717, 1.165) is 4.31 Å². The Kier molecular flexibility index (Phi) is 8.13. The van der Waals surface area contributed by atoms with Gasteiger partial charge in [-0.15, -0.1) is 0 Å². The molecule has 30 heavy (non-hydrogen) atoms. The van der Waals surface area contributed by atoms with Crippen molar-refractivity contribution in [1.82, 2.24) is 4.31 Å². The largest absolute Gasteiger partial charge is 0.490 e. The van der Waals surface area contributed by atoms with Crippen molar-refractivity contribution < 1.29 is 27.6 Å². The van der Waals surface area contributed by atoms with E-state index in [1.807, 2.05) is 0 Å². The highest BCUT2D eigenvalue weighted by Gasteiger charge is 2.16. The lowest BCUT2D eigenvalue weighted by atomic mass is 10.2. The molecule has 0 saturated carbocycles. The van der Waals surface area contributed by atoms with Crippen molar-refractivity contribution in [1.29, 1.82) is 0 Å². The molecule has 2 aromatic carbocycles. The SMILES string of the molecule is CN(C)S(=O)(=O)c1ccc(OCCOC(=O)CCNc2ccccc2[N+](=O)[O-])cc1.